The molecule has 0 spiro atoms. The fraction of sp³-hybridized carbons (Fsp3) is 0.286. The molecule has 2 aromatic rings. The van der Waals surface area contributed by atoms with Crippen molar-refractivity contribution in [1.82, 2.24) is 9.78 Å². The van der Waals surface area contributed by atoms with Crippen molar-refractivity contribution in [3.8, 4) is 5.75 Å². The van der Waals surface area contributed by atoms with E-state index in [1.165, 1.54) is 0 Å². The highest BCUT2D eigenvalue weighted by atomic mass is 79.9. The van der Waals surface area contributed by atoms with Gasteiger partial charge in [0.1, 0.15) is 11.4 Å². The van der Waals surface area contributed by atoms with E-state index in [2.05, 4.69) is 37.0 Å². The minimum Gasteiger partial charge on any atom is -0.496 e. The molecule has 0 amide bonds. The largest absolute Gasteiger partial charge is 0.496 e. The van der Waals surface area contributed by atoms with Crippen LogP contribution in [-0.2, 0) is 6.54 Å². The number of methoxy groups -OCH3 is 1. The van der Waals surface area contributed by atoms with Gasteiger partial charge in [-0.2, -0.15) is 5.10 Å². The molecule has 6 heteroatoms. The fourth-order valence-corrected chi connectivity index (χ4v) is 2.77. The van der Waals surface area contributed by atoms with Gasteiger partial charge in [0.15, 0.2) is 0 Å². The Labute approximate surface area is 134 Å². The molecule has 1 heterocycles. The van der Waals surface area contributed by atoms with Crippen molar-refractivity contribution in [3.05, 3.63) is 44.6 Å². The van der Waals surface area contributed by atoms with E-state index in [0.717, 1.165) is 10.9 Å². The van der Waals surface area contributed by atoms with Gasteiger partial charge in [0.05, 0.1) is 23.3 Å². The van der Waals surface area contributed by atoms with Crippen LogP contribution in [0.3, 0.4) is 0 Å². The first kappa shape index (κ1) is 15.3. The number of carbonyl (C=O) groups excluding carboxylic acids is 1. The number of rotatable bonds is 5. The Morgan fingerprint density at radius 2 is 2.15 bits per heavy atom. The van der Waals surface area contributed by atoms with E-state index in [0.29, 0.717) is 28.0 Å². The van der Waals surface area contributed by atoms with E-state index < -0.39 is 0 Å². The molecule has 0 fully saturated rings. The summed E-state index contributed by atoms with van der Waals surface area (Å²) in [6.07, 6.45) is 2.56. The van der Waals surface area contributed by atoms with Gasteiger partial charge in [0.2, 0.25) is 5.78 Å². The fourth-order valence-electron chi connectivity index (χ4n) is 1.95. The number of aromatic nitrogens is 2. The van der Waals surface area contributed by atoms with Crippen molar-refractivity contribution in [1.29, 1.82) is 0 Å². The zero-order chi connectivity index (χ0) is 14.7. The maximum atomic E-state index is 12.7. The summed E-state index contributed by atoms with van der Waals surface area (Å²) in [5.74, 6) is 0.438. The summed E-state index contributed by atoms with van der Waals surface area (Å²) in [6, 6.07) is 5.35. The minimum atomic E-state index is -0.104. The van der Waals surface area contributed by atoms with Crippen molar-refractivity contribution >= 4 is 37.6 Å². The van der Waals surface area contributed by atoms with Gasteiger partial charge in [-0.25, -0.2) is 0 Å². The highest BCUT2D eigenvalue weighted by Gasteiger charge is 2.21. The van der Waals surface area contributed by atoms with Crippen molar-refractivity contribution < 1.29 is 9.53 Å². The van der Waals surface area contributed by atoms with Crippen LogP contribution in [0, 0.1) is 0 Å². The van der Waals surface area contributed by atoms with Crippen LogP contribution in [-0.4, -0.2) is 22.7 Å². The monoisotopic (exact) mass is 400 g/mol. The molecule has 0 radical (unpaired) electrons. The van der Waals surface area contributed by atoms with Gasteiger partial charge < -0.3 is 4.74 Å². The third-order valence-electron chi connectivity index (χ3n) is 2.85. The Balaban J connectivity index is 2.49. The Morgan fingerprint density at radius 3 is 2.80 bits per heavy atom. The number of halogens is 2. The first-order valence-electron chi connectivity index (χ1n) is 6.18. The summed E-state index contributed by atoms with van der Waals surface area (Å²) >= 11 is 6.76. The van der Waals surface area contributed by atoms with E-state index in [1.807, 2.05) is 13.0 Å². The van der Waals surface area contributed by atoms with E-state index >= 15 is 0 Å². The van der Waals surface area contributed by atoms with Crippen LogP contribution in [0.4, 0.5) is 0 Å². The summed E-state index contributed by atoms with van der Waals surface area (Å²) in [5.41, 5.74) is 1.07. The second kappa shape index (κ2) is 6.54. The topological polar surface area (TPSA) is 44.1 Å². The molecule has 4 nitrogen and oxygen atoms in total. The first-order valence-corrected chi connectivity index (χ1v) is 7.76. The highest BCUT2D eigenvalue weighted by molar-refractivity contribution is 9.10. The van der Waals surface area contributed by atoms with Crippen LogP contribution in [0.5, 0.6) is 5.75 Å². The van der Waals surface area contributed by atoms with Crippen molar-refractivity contribution in [2.75, 3.05) is 7.11 Å². The lowest BCUT2D eigenvalue weighted by Gasteiger charge is -2.10. The predicted octanol–water partition coefficient (Wildman–Crippen LogP) is 4.06. The van der Waals surface area contributed by atoms with Crippen molar-refractivity contribution in [3.63, 3.8) is 0 Å². The summed E-state index contributed by atoms with van der Waals surface area (Å²) in [4.78, 5) is 12.7. The van der Waals surface area contributed by atoms with Crippen molar-refractivity contribution in [2.45, 2.75) is 19.9 Å². The molecule has 106 valence electrons. The maximum absolute atomic E-state index is 12.7. The van der Waals surface area contributed by atoms with Crippen molar-refractivity contribution in [2.24, 2.45) is 0 Å². The third kappa shape index (κ3) is 2.96. The average molecular weight is 402 g/mol. The number of hydrogen-bond acceptors (Lipinski definition) is 3. The predicted molar refractivity (Wildman–Crippen MR) is 84.3 cm³/mol. The SMILES string of the molecule is CCCn1ncc(Br)c1C(=O)c1ccc(Br)cc1OC. The molecule has 20 heavy (non-hydrogen) atoms. The zero-order valence-corrected chi connectivity index (χ0v) is 14.4. The number of ketones is 1. The van der Waals surface area contributed by atoms with Crippen LogP contribution < -0.4 is 4.74 Å². The smallest absolute Gasteiger partial charge is 0.215 e. The molecule has 1 aromatic heterocycles. The summed E-state index contributed by atoms with van der Waals surface area (Å²) in [6.45, 7) is 2.75. The molecule has 2 rings (SSSR count). The summed E-state index contributed by atoms with van der Waals surface area (Å²) in [5, 5.41) is 4.22. The lowest BCUT2D eigenvalue weighted by molar-refractivity contribution is 0.102. The van der Waals surface area contributed by atoms with Crippen LogP contribution in [0.25, 0.3) is 0 Å². The molecule has 0 aliphatic heterocycles. The second-order valence-corrected chi connectivity index (χ2v) is 6.01. The normalized spacial score (nSPS) is 10.6. The number of nitrogens with zero attached hydrogens (tertiary/aromatic N) is 2. The quantitative estimate of drug-likeness (QED) is 0.709. The Bertz CT molecular complexity index is 638. The maximum Gasteiger partial charge on any atom is 0.215 e. The second-order valence-electron chi connectivity index (χ2n) is 4.24. The van der Waals surface area contributed by atoms with E-state index in [9.17, 15) is 4.79 Å². The lowest BCUT2D eigenvalue weighted by Crippen LogP contribution is -2.13. The molecule has 0 aliphatic carbocycles. The summed E-state index contributed by atoms with van der Waals surface area (Å²) in [7, 11) is 1.55. The average Bonchev–Trinajstić information content (AvgIpc) is 2.79. The highest BCUT2D eigenvalue weighted by Crippen LogP contribution is 2.28. The molecule has 1 aromatic carbocycles. The van der Waals surface area contributed by atoms with Gasteiger partial charge in [0.25, 0.3) is 0 Å². The molecule has 0 aliphatic rings. The Morgan fingerprint density at radius 1 is 1.40 bits per heavy atom. The first-order chi connectivity index (χ1) is 9.58. The van der Waals surface area contributed by atoms with Crippen LogP contribution in [0.2, 0.25) is 0 Å². The zero-order valence-electron chi connectivity index (χ0n) is 11.2. The molecule has 0 N–H and O–H groups in total. The van der Waals surface area contributed by atoms with E-state index in [4.69, 9.17) is 4.74 Å². The molecule has 0 bridgehead atoms. The number of ether oxygens (including phenoxy) is 1. The molecule has 0 saturated heterocycles. The Kier molecular flexibility index (Phi) is 4.99. The molecule has 0 atom stereocenters. The lowest BCUT2D eigenvalue weighted by atomic mass is 10.1. The summed E-state index contributed by atoms with van der Waals surface area (Å²) < 4.78 is 8.57. The van der Waals surface area contributed by atoms with Crippen LogP contribution in [0.15, 0.2) is 33.3 Å². The number of aryl methyl sites for hydroxylation is 1. The number of benzene rings is 1. The van der Waals surface area contributed by atoms with E-state index in [1.54, 1.807) is 30.1 Å². The van der Waals surface area contributed by atoms with Crippen LogP contribution >= 0.6 is 31.9 Å². The Hall–Kier alpha value is -1.14. The number of carbonyl (C=O) groups is 1. The van der Waals surface area contributed by atoms with Gasteiger partial charge in [-0.15, -0.1) is 0 Å². The molecule has 0 saturated carbocycles. The molecular weight excluding hydrogens is 388 g/mol. The molecular formula is C14H14Br2N2O2. The third-order valence-corrected chi connectivity index (χ3v) is 3.93. The van der Waals surface area contributed by atoms with Crippen LogP contribution in [0.1, 0.15) is 29.4 Å². The number of hydrogen-bond donors (Lipinski definition) is 0. The van der Waals surface area contributed by atoms with Gasteiger partial charge in [0, 0.05) is 11.0 Å². The minimum absolute atomic E-state index is 0.104. The standard InChI is InChI=1S/C14H14Br2N2O2/c1-3-6-18-13(11(16)8-17-18)14(19)10-5-4-9(15)7-12(10)20-2/h4-5,7-8H,3,6H2,1-2H3. The van der Waals surface area contributed by atoms with E-state index in [-0.39, 0.29) is 5.78 Å². The van der Waals surface area contributed by atoms with Gasteiger partial charge in [-0.1, -0.05) is 22.9 Å². The van der Waals surface area contributed by atoms with Gasteiger partial charge in [-0.3, -0.25) is 9.48 Å². The molecule has 0 unspecified atom stereocenters. The van der Waals surface area contributed by atoms with Gasteiger partial charge in [-0.05, 0) is 40.5 Å². The van der Waals surface area contributed by atoms with Gasteiger partial charge >= 0.3 is 0 Å².